The van der Waals surface area contributed by atoms with Crippen molar-refractivity contribution in [2.75, 3.05) is 6.54 Å². The predicted octanol–water partition coefficient (Wildman–Crippen LogP) is 2.98. The van der Waals surface area contributed by atoms with Gasteiger partial charge in [-0.1, -0.05) is 12.1 Å². The van der Waals surface area contributed by atoms with Crippen LogP contribution in [0.2, 0.25) is 0 Å². The molecule has 1 aromatic carbocycles. The second-order valence-electron chi connectivity index (χ2n) is 4.70. The Hall–Kier alpha value is -2.07. The van der Waals surface area contributed by atoms with Gasteiger partial charge >= 0.3 is 0 Å². The van der Waals surface area contributed by atoms with E-state index in [1.165, 1.54) is 5.52 Å². The predicted molar refractivity (Wildman–Crippen MR) is 74.9 cm³/mol. The number of hydrogen-bond acceptors (Lipinski definition) is 3. The molecular formula is C15H17N3O. The molecule has 1 unspecified atom stereocenters. The molecule has 2 heterocycles. The Balaban J connectivity index is 1.65. The average Bonchev–Trinajstić information content (AvgIpc) is 3.07. The standard InChI is InChI=1S/C15H17N3O/c1-12(9-16-10-13-5-4-8-19-13)18-11-17-14-6-2-3-7-15(14)18/h2-8,11-12,16H,9-10H2,1H3. The first kappa shape index (κ1) is 12.0. The zero-order valence-electron chi connectivity index (χ0n) is 10.9. The summed E-state index contributed by atoms with van der Waals surface area (Å²) >= 11 is 0. The number of benzene rings is 1. The van der Waals surface area contributed by atoms with Crippen molar-refractivity contribution >= 4 is 11.0 Å². The van der Waals surface area contributed by atoms with Crippen LogP contribution >= 0.6 is 0 Å². The third-order valence-corrected chi connectivity index (χ3v) is 3.28. The van der Waals surface area contributed by atoms with Gasteiger partial charge in [-0.05, 0) is 31.2 Å². The largest absolute Gasteiger partial charge is 0.468 e. The summed E-state index contributed by atoms with van der Waals surface area (Å²) in [6, 6.07) is 12.4. The molecular weight excluding hydrogens is 238 g/mol. The summed E-state index contributed by atoms with van der Waals surface area (Å²) in [6.07, 6.45) is 3.60. The van der Waals surface area contributed by atoms with Gasteiger partial charge in [0.2, 0.25) is 0 Å². The van der Waals surface area contributed by atoms with E-state index in [9.17, 15) is 0 Å². The molecule has 0 fully saturated rings. The number of nitrogens with zero attached hydrogens (tertiary/aromatic N) is 2. The third-order valence-electron chi connectivity index (χ3n) is 3.28. The van der Waals surface area contributed by atoms with E-state index < -0.39 is 0 Å². The first-order chi connectivity index (χ1) is 9.34. The van der Waals surface area contributed by atoms with Gasteiger partial charge in [-0.3, -0.25) is 0 Å². The monoisotopic (exact) mass is 255 g/mol. The Morgan fingerprint density at radius 1 is 1.26 bits per heavy atom. The summed E-state index contributed by atoms with van der Waals surface area (Å²) in [5.41, 5.74) is 2.22. The number of aromatic nitrogens is 2. The van der Waals surface area contributed by atoms with Gasteiger partial charge in [0.1, 0.15) is 5.76 Å². The fourth-order valence-electron chi connectivity index (χ4n) is 2.25. The number of para-hydroxylation sites is 2. The smallest absolute Gasteiger partial charge is 0.117 e. The zero-order valence-corrected chi connectivity index (χ0v) is 10.9. The zero-order chi connectivity index (χ0) is 13.1. The van der Waals surface area contributed by atoms with Crippen LogP contribution in [-0.4, -0.2) is 16.1 Å². The van der Waals surface area contributed by atoms with Crippen LogP contribution < -0.4 is 5.32 Å². The van der Waals surface area contributed by atoms with Gasteiger partial charge in [0, 0.05) is 12.6 Å². The van der Waals surface area contributed by atoms with Crippen molar-refractivity contribution < 1.29 is 4.42 Å². The van der Waals surface area contributed by atoms with E-state index in [4.69, 9.17) is 4.42 Å². The molecule has 1 N–H and O–H groups in total. The summed E-state index contributed by atoms with van der Waals surface area (Å²) in [6.45, 7) is 3.81. The van der Waals surface area contributed by atoms with Gasteiger partial charge in [-0.15, -0.1) is 0 Å². The molecule has 0 aliphatic rings. The molecule has 4 nitrogen and oxygen atoms in total. The number of nitrogens with one attached hydrogen (secondary N) is 1. The normalized spacial score (nSPS) is 12.9. The molecule has 0 spiro atoms. The minimum Gasteiger partial charge on any atom is -0.468 e. The molecule has 0 aliphatic carbocycles. The molecule has 2 aromatic heterocycles. The second-order valence-corrected chi connectivity index (χ2v) is 4.70. The lowest BCUT2D eigenvalue weighted by molar-refractivity contribution is 0.451. The molecule has 98 valence electrons. The third kappa shape index (κ3) is 2.53. The molecule has 0 bridgehead atoms. The van der Waals surface area contributed by atoms with Crippen molar-refractivity contribution in [3.8, 4) is 0 Å². The summed E-state index contributed by atoms with van der Waals surface area (Å²) < 4.78 is 7.49. The van der Waals surface area contributed by atoms with E-state index in [-0.39, 0.29) is 0 Å². The topological polar surface area (TPSA) is 43.0 Å². The summed E-state index contributed by atoms with van der Waals surface area (Å²) in [5, 5.41) is 3.40. The molecule has 0 saturated heterocycles. The quantitative estimate of drug-likeness (QED) is 0.762. The van der Waals surface area contributed by atoms with Crippen LogP contribution in [0, 0.1) is 0 Å². The number of imidazole rings is 1. The highest BCUT2D eigenvalue weighted by atomic mass is 16.3. The van der Waals surface area contributed by atoms with Gasteiger partial charge in [-0.2, -0.15) is 0 Å². The summed E-state index contributed by atoms with van der Waals surface area (Å²) in [4.78, 5) is 4.41. The molecule has 3 rings (SSSR count). The first-order valence-corrected chi connectivity index (χ1v) is 6.49. The van der Waals surface area contributed by atoms with Crippen LogP contribution in [0.1, 0.15) is 18.7 Å². The second kappa shape index (κ2) is 5.28. The highest BCUT2D eigenvalue weighted by Crippen LogP contribution is 2.16. The Morgan fingerprint density at radius 3 is 3.00 bits per heavy atom. The maximum absolute atomic E-state index is 5.29. The summed E-state index contributed by atoms with van der Waals surface area (Å²) in [5.74, 6) is 0.961. The van der Waals surface area contributed by atoms with Crippen LogP contribution in [0.25, 0.3) is 11.0 Å². The van der Waals surface area contributed by atoms with Crippen molar-refractivity contribution in [1.82, 2.24) is 14.9 Å². The van der Waals surface area contributed by atoms with Crippen LogP contribution in [0.5, 0.6) is 0 Å². The van der Waals surface area contributed by atoms with E-state index in [0.717, 1.165) is 24.4 Å². The van der Waals surface area contributed by atoms with Crippen molar-refractivity contribution in [2.45, 2.75) is 19.5 Å². The van der Waals surface area contributed by atoms with Crippen molar-refractivity contribution in [3.63, 3.8) is 0 Å². The minimum atomic E-state index is 0.349. The Kier molecular flexibility index (Phi) is 3.33. The van der Waals surface area contributed by atoms with E-state index in [0.29, 0.717) is 6.04 Å². The Bertz CT molecular complexity index is 642. The summed E-state index contributed by atoms with van der Waals surface area (Å²) in [7, 11) is 0. The van der Waals surface area contributed by atoms with Gasteiger partial charge in [0.05, 0.1) is 30.2 Å². The van der Waals surface area contributed by atoms with E-state index in [2.05, 4.69) is 27.9 Å². The maximum atomic E-state index is 5.29. The number of rotatable bonds is 5. The van der Waals surface area contributed by atoms with Crippen molar-refractivity contribution in [3.05, 3.63) is 54.7 Å². The SMILES string of the molecule is CC(CNCc1ccco1)n1cnc2ccccc21. The fourth-order valence-corrected chi connectivity index (χ4v) is 2.25. The van der Waals surface area contributed by atoms with Gasteiger partial charge in [0.15, 0.2) is 0 Å². The van der Waals surface area contributed by atoms with Crippen LogP contribution in [-0.2, 0) is 6.54 Å². The molecule has 0 amide bonds. The number of fused-ring (bicyclic) bond motifs is 1. The first-order valence-electron chi connectivity index (χ1n) is 6.49. The molecule has 0 radical (unpaired) electrons. The highest BCUT2D eigenvalue weighted by molar-refractivity contribution is 5.75. The van der Waals surface area contributed by atoms with E-state index in [1.807, 2.05) is 36.7 Å². The molecule has 19 heavy (non-hydrogen) atoms. The lowest BCUT2D eigenvalue weighted by atomic mass is 10.2. The van der Waals surface area contributed by atoms with Gasteiger partial charge in [0.25, 0.3) is 0 Å². The molecule has 0 saturated carbocycles. The molecule has 3 aromatic rings. The lowest BCUT2D eigenvalue weighted by Gasteiger charge is -2.14. The maximum Gasteiger partial charge on any atom is 0.117 e. The van der Waals surface area contributed by atoms with E-state index in [1.54, 1.807) is 6.26 Å². The van der Waals surface area contributed by atoms with Crippen LogP contribution in [0.15, 0.2) is 53.4 Å². The van der Waals surface area contributed by atoms with Gasteiger partial charge < -0.3 is 14.3 Å². The molecule has 1 atom stereocenters. The van der Waals surface area contributed by atoms with Crippen molar-refractivity contribution in [1.29, 1.82) is 0 Å². The van der Waals surface area contributed by atoms with Crippen molar-refractivity contribution in [2.24, 2.45) is 0 Å². The average molecular weight is 255 g/mol. The number of hydrogen-bond donors (Lipinski definition) is 1. The van der Waals surface area contributed by atoms with Gasteiger partial charge in [-0.25, -0.2) is 4.98 Å². The number of furan rings is 1. The minimum absolute atomic E-state index is 0.349. The Morgan fingerprint density at radius 2 is 2.16 bits per heavy atom. The van der Waals surface area contributed by atoms with E-state index >= 15 is 0 Å². The molecule has 0 aliphatic heterocycles. The van der Waals surface area contributed by atoms with Crippen LogP contribution in [0.3, 0.4) is 0 Å². The molecule has 4 heteroatoms. The Labute approximate surface area is 112 Å². The lowest BCUT2D eigenvalue weighted by Crippen LogP contribution is -2.22. The van der Waals surface area contributed by atoms with Crippen LogP contribution in [0.4, 0.5) is 0 Å². The fraction of sp³-hybridized carbons (Fsp3) is 0.267. The highest BCUT2D eigenvalue weighted by Gasteiger charge is 2.08.